The minimum absolute atomic E-state index is 0.279. The van der Waals surface area contributed by atoms with E-state index >= 15 is 0 Å². The molecular formula is C34H24Cl2N2O4. The summed E-state index contributed by atoms with van der Waals surface area (Å²) in [5.74, 6) is -3.26. The van der Waals surface area contributed by atoms with Gasteiger partial charge in [0.25, 0.3) is 0 Å². The lowest BCUT2D eigenvalue weighted by atomic mass is 9.84. The molecule has 208 valence electrons. The highest BCUT2D eigenvalue weighted by Gasteiger charge is 2.65. The van der Waals surface area contributed by atoms with Crippen LogP contribution in [0.2, 0.25) is 10.0 Å². The molecule has 2 fully saturated rings. The average molecular weight is 595 g/mol. The van der Waals surface area contributed by atoms with E-state index in [0.29, 0.717) is 10.0 Å². The van der Waals surface area contributed by atoms with Crippen LogP contribution in [0, 0.1) is 11.8 Å². The molecule has 3 heterocycles. The number of fused-ring (bicyclic) bond motifs is 5. The third-order valence-electron chi connectivity index (χ3n) is 8.25. The average Bonchev–Trinajstić information content (AvgIpc) is 3.48. The van der Waals surface area contributed by atoms with Crippen LogP contribution in [0.4, 0.5) is 5.69 Å². The number of rotatable bonds is 5. The summed E-state index contributed by atoms with van der Waals surface area (Å²) in [7, 11) is 0. The summed E-state index contributed by atoms with van der Waals surface area (Å²) in [5, 5.41) is 0.597. The quantitative estimate of drug-likeness (QED) is 0.187. The number of benzene rings is 4. The highest BCUT2D eigenvalue weighted by molar-refractivity contribution is 6.35. The van der Waals surface area contributed by atoms with Gasteiger partial charge in [0.15, 0.2) is 6.10 Å². The molecule has 0 N–H and O–H groups in total. The number of nitrogens with zero attached hydrogens (tertiary/aromatic N) is 2. The molecule has 8 heteroatoms. The SMILES string of the molecule is O=C(OC(c1ccccc1)c1ccccc1)[C@@H]1[C@@H]2C(=O)N(c3cc(Cl)cc(Cl)c3)C(=O)[C@@H]2[C@@H]2c3ccccc3C=CN12. The number of anilines is 1. The Morgan fingerprint density at radius 1 is 0.738 bits per heavy atom. The van der Waals surface area contributed by atoms with Crippen molar-refractivity contribution in [2.75, 3.05) is 4.90 Å². The molecule has 3 aliphatic heterocycles. The van der Waals surface area contributed by atoms with E-state index < -0.39 is 47.8 Å². The largest absolute Gasteiger partial charge is 0.451 e. The monoisotopic (exact) mass is 594 g/mol. The van der Waals surface area contributed by atoms with E-state index in [0.717, 1.165) is 27.2 Å². The number of amides is 2. The Hall–Kier alpha value is -4.39. The number of carbonyl (C=O) groups excluding carboxylic acids is 3. The highest BCUT2D eigenvalue weighted by atomic mass is 35.5. The Labute approximate surface area is 252 Å². The maximum Gasteiger partial charge on any atom is 0.330 e. The molecule has 4 atom stereocenters. The number of halogens is 2. The minimum atomic E-state index is -1.03. The van der Waals surface area contributed by atoms with Gasteiger partial charge in [-0.2, -0.15) is 0 Å². The van der Waals surface area contributed by atoms with Gasteiger partial charge in [-0.25, -0.2) is 9.69 Å². The lowest BCUT2D eigenvalue weighted by Gasteiger charge is -2.35. The van der Waals surface area contributed by atoms with Crippen LogP contribution in [0.1, 0.15) is 34.4 Å². The molecule has 4 aromatic rings. The van der Waals surface area contributed by atoms with E-state index in [1.165, 1.54) is 18.2 Å². The van der Waals surface area contributed by atoms with Crippen LogP contribution in [-0.4, -0.2) is 28.7 Å². The van der Waals surface area contributed by atoms with Gasteiger partial charge in [-0.1, -0.05) is 108 Å². The van der Waals surface area contributed by atoms with Gasteiger partial charge in [-0.3, -0.25) is 9.59 Å². The summed E-state index contributed by atoms with van der Waals surface area (Å²) in [6, 6.07) is 29.7. The van der Waals surface area contributed by atoms with Crippen molar-refractivity contribution < 1.29 is 19.1 Å². The van der Waals surface area contributed by atoms with Crippen LogP contribution in [0.5, 0.6) is 0 Å². The van der Waals surface area contributed by atoms with Gasteiger partial charge in [0.2, 0.25) is 11.8 Å². The number of ether oxygens (including phenoxy) is 1. The first-order valence-corrected chi connectivity index (χ1v) is 14.4. The molecule has 0 saturated carbocycles. The molecule has 2 amide bonds. The molecule has 0 bridgehead atoms. The molecule has 42 heavy (non-hydrogen) atoms. The lowest BCUT2D eigenvalue weighted by molar-refractivity contribution is -0.155. The van der Waals surface area contributed by atoms with Crippen LogP contribution >= 0.6 is 23.2 Å². The van der Waals surface area contributed by atoms with E-state index in [2.05, 4.69) is 0 Å². The third kappa shape index (κ3) is 4.30. The first-order chi connectivity index (χ1) is 20.4. The van der Waals surface area contributed by atoms with Gasteiger partial charge in [-0.05, 0) is 46.5 Å². The standard InChI is InChI=1S/C34H24Cl2N2O4/c35-23-17-24(36)19-25(18-23)38-32(39)27-28(33(38)40)30(37-16-15-20-9-7-8-14-26(20)29(27)37)34(41)42-31(21-10-3-1-4-11-21)22-12-5-2-6-13-22/h1-19,27-31H/t27-,28+,29-,30-/m0/s1. The van der Waals surface area contributed by atoms with Gasteiger partial charge in [0.1, 0.15) is 6.04 Å². The Morgan fingerprint density at radius 3 is 1.95 bits per heavy atom. The zero-order valence-electron chi connectivity index (χ0n) is 22.1. The predicted octanol–water partition coefficient (Wildman–Crippen LogP) is 6.84. The zero-order chi connectivity index (χ0) is 29.0. The van der Waals surface area contributed by atoms with Crippen LogP contribution in [0.15, 0.2) is 109 Å². The predicted molar refractivity (Wildman–Crippen MR) is 161 cm³/mol. The molecule has 3 aliphatic rings. The van der Waals surface area contributed by atoms with Crippen LogP contribution in [0.25, 0.3) is 6.08 Å². The van der Waals surface area contributed by atoms with E-state index in [4.69, 9.17) is 27.9 Å². The van der Waals surface area contributed by atoms with Gasteiger partial charge < -0.3 is 9.64 Å². The Kier molecular flexibility index (Phi) is 6.60. The Bertz CT molecular complexity index is 1680. The molecule has 7 rings (SSSR count). The van der Waals surface area contributed by atoms with Crippen molar-refractivity contribution in [3.8, 4) is 0 Å². The zero-order valence-corrected chi connectivity index (χ0v) is 23.7. The molecule has 0 aromatic heterocycles. The first kappa shape index (κ1) is 26.5. The third-order valence-corrected chi connectivity index (χ3v) is 8.68. The molecule has 0 aliphatic carbocycles. The molecule has 2 saturated heterocycles. The van der Waals surface area contributed by atoms with Crippen molar-refractivity contribution in [3.63, 3.8) is 0 Å². The summed E-state index contributed by atoms with van der Waals surface area (Å²) in [6.45, 7) is 0. The number of hydrogen-bond donors (Lipinski definition) is 0. The molecule has 0 spiro atoms. The lowest BCUT2D eigenvalue weighted by Crippen LogP contribution is -2.45. The van der Waals surface area contributed by atoms with Crippen LogP contribution < -0.4 is 4.90 Å². The minimum Gasteiger partial charge on any atom is -0.451 e. The summed E-state index contributed by atoms with van der Waals surface area (Å²) in [5.41, 5.74) is 3.68. The van der Waals surface area contributed by atoms with Crippen molar-refractivity contribution >= 4 is 52.7 Å². The van der Waals surface area contributed by atoms with Crippen LogP contribution in [0.3, 0.4) is 0 Å². The summed E-state index contributed by atoms with van der Waals surface area (Å²) in [6.07, 6.45) is 3.01. The van der Waals surface area contributed by atoms with E-state index in [1.54, 1.807) is 6.20 Å². The number of hydrogen-bond acceptors (Lipinski definition) is 5. The van der Waals surface area contributed by atoms with Crippen molar-refractivity contribution in [2.24, 2.45) is 11.8 Å². The maximum atomic E-state index is 14.3. The fourth-order valence-electron chi connectivity index (χ4n) is 6.52. The van der Waals surface area contributed by atoms with Gasteiger partial charge in [0.05, 0.1) is 23.6 Å². The fraction of sp³-hybridized carbons (Fsp3) is 0.147. The van der Waals surface area contributed by atoms with Crippen molar-refractivity contribution in [2.45, 2.75) is 18.2 Å². The van der Waals surface area contributed by atoms with Crippen molar-refractivity contribution in [3.05, 3.63) is 142 Å². The number of imide groups is 1. The second kappa shape index (κ2) is 10.5. The number of carbonyl (C=O) groups is 3. The normalized spacial score (nSPS) is 22.3. The highest BCUT2D eigenvalue weighted by Crippen LogP contribution is 2.54. The second-order valence-electron chi connectivity index (χ2n) is 10.6. The van der Waals surface area contributed by atoms with Gasteiger partial charge in [-0.15, -0.1) is 0 Å². The van der Waals surface area contributed by atoms with Crippen molar-refractivity contribution in [1.29, 1.82) is 0 Å². The summed E-state index contributed by atoms with van der Waals surface area (Å²) in [4.78, 5) is 45.6. The van der Waals surface area contributed by atoms with E-state index in [1.807, 2.05) is 95.9 Å². The van der Waals surface area contributed by atoms with E-state index in [-0.39, 0.29) is 5.69 Å². The topological polar surface area (TPSA) is 66.9 Å². The Balaban J connectivity index is 1.32. The summed E-state index contributed by atoms with van der Waals surface area (Å²) < 4.78 is 6.28. The Morgan fingerprint density at radius 2 is 1.31 bits per heavy atom. The smallest absolute Gasteiger partial charge is 0.330 e. The molecular weight excluding hydrogens is 571 g/mol. The first-order valence-electron chi connectivity index (χ1n) is 13.6. The summed E-state index contributed by atoms with van der Waals surface area (Å²) >= 11 is 12.5. The number of esters is 1. The van der Waals surface area contributed by atoms with Crippen LogP contribution in [-0.2, 0) is 19.1 Å². The molecule has 4 aromatic carbocycles. The van der Waals surface area contributed by atoms with Gasteiger partial charge >= 0.3 is 5.97 Å². The second-order valence-corrected chi connectivity index (χ2v) is 11.5. The molecule has 0 radical (unpaired) electrons. The molecule has 6 nitrogen and oxygen atoms in total. The fourth-order valence-corrected chi connectivity index (χ4v) is 7.03. The van der Waals surface area contributed by atoms with Crippen molar-refractivity contribution in [1.82, 2.24) is 4.90 Å². The maximum absolute atomic E-state index is 14.3. The van der Waals surface area contributed by atoms with Gasteiger partial charge in [0, 0.05) is 16.2 Å². The van der Waals surface area contributed by atoms with E-state index in [9.17, 15) is 14.4 Å². The molecule has 0 unspecified atom stereocenters.